The van der Waals surface area contributed by atoms with Gasteiger partial charge in [-0.25, -0.2) is 0 Å². The molecular formula is C22H34O5. The van der Waals surface area contributed by atoms with E-state index in [4.69, 9.17) is 14.9 Å². The first kappa shape index (κ1) is 23.3. The van der Waals surface area contributed by atoms with Crippen molar-refractivity contribution in [2.24, 2.45) is 17.8 Å². The van der Waals surface area contributed by atoms with Gasteiger partial charge in [0.15, 0.2) is 5.78 Å². The van der Waals surface area contributed by atoms with E-state index >= 15 is 0 Å². The number of aliphatic carboxylic acids is 1. The topological polar surface area (TPSA) is 83.8 Å². The average molecular weight is 379 g/mol. The maximum Gasteiger partial charge on any atom is 0.308 e. The average Bonchev–Trinajstić information content (AvgIpc) is 3.00. The summed E-state index contributed by atoms with van der Waals surface area (Å²) in [6.07, 6.45) is 19.2. The molecule has 1 aliphatic carbocycles. The molecule has 5 nitrogen and oxygen atoms in total. The molecule has 0 aromatic heterocycles. The fourth-order valence-electron chi connectivity index (χ4n) is 3.19. The number of unbranched alkanes of at least 4 members (excludes halogenated alkanes) is 4. The Morgan fingerprint density at radius 1 is 1.19 bits per heavy atom. The number of carboxylic acid groups (broad SMARTS) is 1. The lowest BCUT2D eigenvalue weighted by Crippen LogP contribution is -2.17. The largest absolute Gasteiger partial charge is 0.481 e. The Morgan fingerprint density at radius 3 is 2.67 bits per heavy atom. The number of methoxy groups -OCH3 is 1. The highest BCUT2D eigenvalue weighted by atomic mass is 16.5. The summed E-state index contributed by atoms with van der Waals surface area (Å²) in [5.74, 6) is -1.42. The van der Waals surface area contributed by atoms with E-state index in [1.54, 1.807) is 13.2 Å². The van der Waals surface area contributed by atoms with Gasteiger partial charge in [0, 0.05) is 25.6 Å². The molecule has 152 valence electrons. The number of hydrogen-bond acceptors (Lipinski definition) is 4. The standard InChI is InChI=1S/C22H34O5/c1-27-16-10-5-3-2-4-7-11-18-14-15-21(24)20(18)13-9-6-8-12-19(17-23)22(25)26/h6-7,9,11,14-15,18-20,23H,2-5,8,10,12-13,16-17H2,1H3,(H,25,26)/t18-,19-,20+/m0/s1. The molecule has 0 fully saturated rings. The van der Waals surface area contributed by atoms with Gasteiger partial charge >= 0.3 is 5.97 Å². The molecule has 3 atom stereocenters. The molecule has 1 rings (SSSR count). The van der Waals surface area contributed by atoms with Crippen LogP contribution in [0, 0.1) is 17.8 Å². The van der Waals surface area contributed by atoms with E-state index < -0.39 is 11.9 Å². The van der Waals surface area contributed by atoms with E-state index in [-0.39, 0.29) is 24.2 Å². The van der Waals surface area contributed by atoms with E-state index in [1.807, 2.05) is 18.2 Å². The van der Waals surface area contributed by atoms with Gasteiger partial charge in [-0.2, -0.15) is 0 Å². The van der Waals surface area contributed by atoms with Crippen LogP contribution in [0.25, 0.3) is 0 Å². The summed E-state index contributed by atoms with van der Waals surface area (Å²) in [6.45, 7) is 0.491. The Morgan fingerprint density at radius 2 is 1.96 bits per heavy atom. The van der Waals surface area contributed by atoms with Gasteiger partial charge < -0.3 is 14.9 Å². The van der Waals surface area contributed by atoms with E-state index in [0.717, 1.165) is 25.9 Å². The molecule has 0 radical (unpaired) electrons. The van der Waals surface area contributed by atoms with Crippen LogP contribution in [-0.4, -0.2) is 42.3 Å². The zero-order valence-corrected chi connectivity index (χ0v) is 16.4. The SMILES string of the molecule is COCCCCCCC=C[C@H]1C=CC(=O)[C@@H]1CC=CCC[C@@H](CO)C(=O)O. The molecule has 0 spiro atoms. The van der Waals surface area contributed by atoms with Crippen molar-refractivity contribution in [3.05, 3.63) is 36.5 Å². The summed E-state index contributed by atoms with van der Waals surface area (Å²) in [6, 6.07) is 0. The normalized spacial score (nSPS) is 20.9. The minimum atomic E-state index is -0.968. The first-order valence-electron chi connectivity index (χ1n) is 9.96. The van der Waals surface area contributed by atoms with Gasteiger partial charge in [-0.05, 0) is 44.6 Å². The quantitative estimate of drug-likeness (QED) is 0.333. The lowest BCUT2D eigenvalue weighted by Gasteiger charge is -2.12. The van der Waals surface area contributed by atoms with Crippen molar-refractivity contribution in [2.45, 2.75) is 51.4 Å². The van der Waals surface area contributed by atoms with Gasteiger partial charge in [-0.15, -0.1) is 0 Å². The number of ether oxygens (including phenoxy) is 1. The van der Waals surface area contributed by atoms with Crippen LogP contribution >= 0.6 is 0 Å². The summed E-state index contributed by atoms with van der Waals surface area (Å²) >= 11 is 0. The van der Waals surface area contributed by atoms with Crippen molar-refractivity contribution in [1.82, 2.24) is 0 Å². The van der Waals surface area contributed by atoms with Crippen molar-refractivity contribution < 1.29 is 24.5 Å². The number of aliphatic hydroxyl groups is 1. The smallest absolute Gasteiger partial charge is 0.308 e. The third kappa shape index (κ3) is 9.68. The number of carbonyl (C=O) groups excluding carboxylic acids is 1. The Balaban J connectivity index is 2.28. The zero-order chi connectivity index (χ0) is 19.9. The highest BCUT2D eigenvalue weighted by molar-refractivity contribution is 5.95. The molecular weight excluding hydrogens is 344 g/mol. The zero-order valence-electron chi connectivity index (χ0n) is 16.4. The number of carboxylic acids is 1. The van der Waals surface area contributed by atoms with Gasteiger partial charge in [0.25, 0.3) is 0 Å². The monoisotopic (exact) mass is 378 g/mol. The number of carbonyl (C=O) groups is 2. The van der Waals surface area contributed by atoms with Gasteiger partial charge in [0.05, 0.1) is 12.5 Å². The van der Waals surface area contributed by atoms with Crippen molar-refractivity contribution in [3.63, 3.8) is 0 Å². The summed E-state index contributed by atoms with van der Waals surface area (Å²) in [4.78, 5) is 22.9. The summed E-state index contributed by atoms with van der Waals surface area (Å²) in [5.41, 5.74) is 0. The van der Waals surface area contributed by atoms with Crippen LogP contribution in [0.3, 0.4) is 0 Å². The molecule has 0 saturated carbocycles. The van der Waals surface area contributed by atoms with Crippen LogP contribution in [0.4, 0.5) is 0 Å². The van der Waals surface area contributed by atoms with E-state index in [9.17, 15) is 9.59 Å². The lowest BCUT2D eigenvalue weighted by atomic mass is 9.90. The molecule has 0 unspecified atom stereocenters. The Labute approximate surface area is 162 Å². The minimum absolute atomic E-state index is 0.0488. The molecule has 27 heavy (non-hydrogen) atoms. The molecule has 1 aliphatic rings. The van der Waals surface area contributed by atoms with Gasteiger partial charge in [-0.3, -0.25) is 9.59 Å². The summed E-state index contributed by atoms with van der Waals surface area (Å²) < 4.78 is 5.04. The molecule has 0 heterocycles. The third-order valence-electron chi connectivity index (χ3n) is 4.95. The number of hydrogen-bond donors (Lipinski definition) is 2. The highest BCUT2D eigenvalue weighted by Crippen LogP contribution is 2.27. The lowest BCUT2D eigenvalue weighted by molar-refractivity contribution is -0.143. The minimum Gasteiger partial charge on any atom is -0.481 e. The second-order valence-electron chi connectivity index (χ2n) is 7.07. The molecule has 0 aliphatic heterocycles. The predicted molar refractivity (Wildman–Crippen MR) is 106 cm³/mol. The summed E-state index contributed by atoms with van der Waals surface area (Å²) in [7, 11) is 1.73. The first-order chi connectivity index (χ1) is 13.1. The van der Waals surface area contributed by atoms with Crippen molar-refractivity contribution >= 4 is 11.8 Å². The molecule has 2 N–H and O–H groups in total. The Kier molecular flexibility index (Phi) is 12.4. The predicted octanol–water partition coefficient (Wildman–Crippen LogP) is 3.93. The van der Waals surface area contributed by atoms with E-state index in [1.165, 1.54) is 12.8 Å². The van der Waals surface area contributed by atoms with Crippen molar-refractivity contribution in [3.8, 4) is 0 Å². The van der Waals surface area contributed by atoms with Gasteiger partial charge in [0.2, 0.25) is 0 Å². The highest BCUT2D eigenvalue weighted by Gasteiger charge is 2.26. The van der Waals surface area contributed by atoms with Gasteiger partial charge in [0.1, 0.15) is 0 Å². The van der Waals surface area contributed by atoms with Crippen LogP contribution in [0.15, 0.2) is 36.5 Å². The number of allylic oxidation sites excluding steroid dienone is 6. The maximum absolute atomic E-state index is 12.1. The molecule has 0 bridgehead atoms. The van der Waals surface area contributed by atoms with Crippen molar-refractivity contribution in [1.29, 1.82) is 0 Å². The first-order valence-corrected chi connectivity index (χ1v) is 9.96. The van der Waals surface area contributed by atoms with Crippen LogP contribution in [0.1, 0.15) is 51.4 Å². The molecule has 0 saturated heterocycles. The third-order valence-corrected chi connectivity index (χ3v) is 4.95. The van der Waals surface area contributed by atoms with E-state index in [2.05, 4.69) is 12.2 Å². The Bertz CT molecular complexity index is 521. The van der Waals surface area contributed by atoms with Crippen LogP contribution in [0.2, 0.25) is 0 Å². The van der Waals surface area contributed by atoms with Crippen LogP contribution in [-0.2, 0) is 14.3 Å². The molecule has 5 heteroatoms. The van der Waals surface area contributed by atoms with Crippen molar-refractivity contribution in [2.75, 3.05) is 20.3 Å². The van der Waals surface area contributed by atoms with E-state index in [0.29, 0.717) is 19.3 Å². The number of ketones is 1. The molecule has 0 aromatic carbocycles. The Hall–Kier alpha value is -1.72. The fraction of sp³-hybridized carbons (Fsp3) is 0.636. The number of aliphatic hydroxyl groups excluding tert-OH is 1. The fourth-order valence-corrected chi connectivity index (χ4v) is 3.19. The van der Waals surface area contributed by atoms with Gasteiger partial charge in [-0.1, -0.05) is 43.2 Å². The maximum atomic E-state index is 12.1. The van der Waals surface area contributed by atoms with Crippen LogP contribution in [0.5, 0.6) is 0 Å². The molecule has 0 amide bonds. The van der Waals surface area contributed by atoms with Crippen LogP contribution < -0.4 is 0 Å². The second kappa shape index (κ2) is 14.4. The number of rotatable bonds is 15. The molecule has 0 aromatic rings. The summed E-state index contributed by atoms with van der Waals surface area (Å²) in [5, 5.41) is 17.9. The second-order valence-corrected chi connectivity index (χ2v) is 7.07.